The molecule has 0 saturated heterocycles. The second-order valence-electron chi connectivity index (χ2n) is 4.34. The Morgan fingerprint density at radius 1 is 1.29 bits per heavy atom. The highest BCUT2D eigenvalue weighted by Gasteiger charge is 2.35. The summed E-state index contributed by atoms with van der Waals surface area (Å²) in [4.78, 5) is 12.7. The van der Waals surface area contributed by atoms with E-state index in [1.165, 1.54) is 11.2 Å². The maximum atomic E-state index is 12.1. The Bertz CT molecular complexity index is 353. The predicted molar refractivity (Wildman–Crippen MR) is 66.4 cm³/mol. The molecule has 0 spiro atoms. The minimum Gasteiger partial charge on any atom is -0.480 e. The summed E-state index contributed by atoms with van der Waals surface area (Å²) in [5, 5.41) is 7.40. The van der Waals surface area contributed by atoms with Crippen molar-refractivity contribution in [3.63, 3.8) is 0 Å². The van der Waals surface area contributed by atoms with Crippen LogP contribution in [0.1, 0.15) is 20.8 Å². The molecule has 1 N–H and O–H groups in total. The van der Waals surface area contributed by atoms with Crippen LogP contribution in [-0.4, -0.2) is 67.2 Å². The number of sulfonamides is 1. The third kappa shape index (κ3) is 4.25. The number of hydrogen-bond acceptors (Lipinski definition) is 4. The Kier molecular flexibility index (Phi) is 6.08. The van der Waals surface area contributed by atoms with Crippen molar-refractivity contribution in [1.82, 2.24) is 9.21 Å². The molecule has 0 aromatic heterocycles. The molecular formula is C10H22N2O4S. The second-order valence-corrected chi connectivity index (χ2v) is 6.55. The maximum absolute atomic E-state index is 12.1. The summed E-state index contributed by atoms with van der Waals surface area (Å²) in [6, 6.07) is -0.248. The van der Waals surface area contributed by atoms with Gasteiger partial charge in [-0.3, -0.25) is 4.79 Å². The number of likely N-dealkylation sites (N-methyl/N-ethyl adjacent to an activating group) is 2. The number of carboxylic acids is 1. The van der Waals surface area contributed by atoms with Gasteiger partial charge >= 0.3 is 5.97 Å². The fourth-order valence-electron chi connectivity index (χ4n) is 1.69. The summed E-state index contributed by atoms with van der Waals surface area (Å²) in [5.74, 6) is -1.32. The predicted octanol–water partition coefficient (Wildman–Crippen LogP) is 0.0613. The van der Waals surface area contributed by atoms with Crippen LogP contribution in [0.4, 0.5) is 0 Å². The SMILES string of the molecule is CCN(C(C)CN(C)C)S(=O)(=O)C(C)C(=O)O. The number of aliphatic carboxylic acids is 1. The van der Waals surface area contributed by atoms with Gasteiger partial charge in [0.25, 0.3) is 0 Å². The van der Waals surface area contributed by atoms with Crippen molar-refractivity contribution < 1.29 is 18.3 Å². The molecule has 2 atom stereocenters. The number of nitrogens with zero attached hydrogens (tertiary/aromatic N) is 2. The summed E-state index contributed by atoms with van der Waals surface area (Å²) in [7, 11) is -0.0985. The topological polar surface area (TPSA) is 77.9 Å². The molecule has 0 amide bonds. The lowest BCUT2D eigenvalue weighted by Gasteiger charge is -2.30. The number of carboxylic acid groups (broad SMARTS) is 1. The lowest BCUT2D eigenvalue weighted by molar-refractivity contribution is -0.136. The average Bonchev–Trinajstić information content (AvgIpc) is 2.15. The average molecular weight is 266 g/mol. The molecular weight excluding hydrogens is 244 g/mol. The molecule has 0 heterocycles. The Hall–Kier alpha value is -0.660. The summed E-state index contributed by atoms with van der Waals surface area (Å²) in [6.45, 7) is 5.50. The van der Waals surface area contributed by atoms with Gasteiger partial charge in [0, 0.05) is 19.1 Å². The first kappa shape index (κ1) is 16.3. The Labute approximate surface area is 103 Å². The maximum Gasteiger partial charge on any atom is 0.323 e. The summed E-state index contributed by atoms with van der Waals surface area (Å²) in [6.07, 6.45) is 0. The molecule has 102 valence electrons. The van der Waals surface area contributed by atoms with Gasteiger partial charge in [0.2, 0.25) is 10.0 Å². The van der Waals surface area contributed by atoms with Crippen molar-refractivity contribution in [2.75, 3.05) is 27.2 Å². The second kappa shape index (κ2) is 6.32. The standard InChI is InChI=1S/C10H22N2O4S/c1-6-12(8(2)7-11(4)5)17(15,16)9(3)10(13)14/h8-9H,6-7H2,1-5H3,(H,13,14). The third-order valence-electron chi connectivity index (χ3n) is 2.55. The van der Waals surface area contributed by atoms with Crippen LogP contribution in [-0.2, 0) is 14.8 Å². The minimum absolute atomic E-state index is 0.248. The lowest BCUT2D eigenvalue weighted by atomic mass is 10.3. The van der Waals surface area contributed by atoms with E-state index in [1.54, 1.807) is 13.8 Å². The van der Waals surface area contributed by atoms with E-state index < -0.39 is 21.2 Å². The van der Waals surface area contributed by atoms with E-state index in [0.717, 1.165) is 0 Å². The van der Waals surface area contributed by atoms with Crippen LogP contribution < -0.4 is 0 Å². The number of hydrogen-bond donors (Lipinski definition) is 1. The van der Waals surface area contributed by atoms with Gasteiger partial charge in [0.15, 0.2) is 5.25 Å². The molecule has 6 nitrogen and oxygen atoms in total. The molecule has 2 unspecified atom stereocenters. The van der Waals surface area contributed by atoms with Gasteiger partial charge in [-0.2, -0.15) is 4.31 Å². The molecule has 0 aromatic carbocycles. The highest BCUT2D eigenvalue weighted by atomic mass is 32.2. The first-order valence-corrected chi connectivity index (χ1v) is 7.03. The fourth-order valence-corrected chi connectivity index (χ4v) is 3.28. The smallest absolute Gasteiger partial charge is 0.323 e. The Morgan fingerprint density at radius 2 is 1.76 bits per heavy atom. The quantitative estimate of drug-likeness (QED) is 0.705. The van der Waals surface area contributed by atoms with Gasteiger partial charge in [0.05, 0.1) is 0 Å². The van der Waals surface area contributed by atoms with Crippen molar-refractivity contribution >= 4 is 16.0 Å². The van der Waals surface area contributed by atoms with Gasteiger partial charge in [0.1, 0.15) is 0 Å². The van der Waals surface area contributed by atoms with Crippen LogP contribution in [0.5, 0.6) is 0 Å². The molecule has 0 aliphatic rings. The molecule has 0 saturated carbocycles. The first-order chi connectivity index (χ1) is 7.64. The molecule has 0 rings (SSSR count). The van der Waals surface area contributed by atoms with Gasteiger partial charge in [-0.05, 0) is 27.9 Å². The summed E-state index contributed by atoms with van der Waals surface area (Å²) in [5.41, 5.74) is 0. The third-order valence-corrected chi connectivity index (χ3v) is 4.92. The van der Waals surface area contributed by atoms with E-state index in [0.29, 0.717) is 6.54 Å². The molecule has 7 heteroatoms. The van der Waals surface area contributed by atoms with E-state index in [9.17, 15) is 13.2 Å². The van der Waals surface area contributed by atoms with Crippen molar-refractivity contribution in [2.45, 2.75) is 32.1 Å². The van der Waals surface area contributed by atoms with E-state index >= 15 is 0 Å². The number of carbonyl (C=O) groups is 1. The van der Waals surface area contributed by atoms with Crippen molar-refractivity contribution in [2.24, 2.45) is 0 Å². The molecule has 0 aliphatic heterocycles. The highest BCUT2D eigenvalue weighted by Crippen LogP contribution is 2.13. The van der Waals surface area contributed by atoms with Gasteiger partial charge in [-0.15, -0.1) is 0 Å². The van der Waals surface area contributed by atoms with E-state index in [-0.39, 0.29) is 12.6 Å². The van der Waals surface area contributed by atoms with Gasteiger partial charge in [-0.1, -0.05) is 6.92 Å². The minimum atomic E-state index is -3.79. The molecule has 0 radical (unpaired) electrons. The molecule has 17 heavy (non-hydrogen) atoms. The number of rotatable bonds is 7. The summed E-state index contributed by atoms with van der Waals surface area (Å²) >= 11 is 0. The van der Waals surface area contributed by atoms with Crippen LogP contribution in [0.25, 0.3) is 0 Å². The molecule has 0 bridgehead atoms. The van der Waals surface area contributed by atoms with Gasteiger partial charge < -0.3 is 10.0 Å². The van der Waals surface area contributed by atoms with E-state index in [4.69, 9.17) is 5.11 Å². The van der Waals surface area contributed by atoms with E-state index in [1.807, 2.05) is 19.0 Å². The normalized spacial score (nSPS) is 16.2. The van der Waals surface area contributed by atoms with Crippen molar-refractivity contribution in [3.05, 3.63) is 0 Å². The van der Waals surface area contributed by atoms with E-state index in [2.05, 4.69) is 0 Å². The lowest BCUT2D eigenvalue weighted by Crippen LogP contribution is -2.48. The van der Waals surface area contributed by atoms with Crippen molar-refractivity contribution in [1.29, 1.82) is 0 Å². The Balaban J connectivity index is 5.05. The molecule has 0 fully saturated rings. The van der Waals surface area contributed by atoms with Crippen LogP contribution in [0.15, 0.2) is 0 Å². The molecule has 0 aliphatic carbocycles. The van der Waals surface area contributed by atoms with Crippen LogP contribution >= 0.6 is 0 Å². The van der Waals surface area contributed by atoms with Crippen LogP contribution in [0, 0.1) is 0 Å². The monoisotopic (exact) mass is 266 g/mol. The zero-order valence-electron chi connectivity index (χ0n) is 11.0. The fraction of sp³-hybridized carbons (Fsp3) is 0.900. The first-order valence-electron chi connectivity index (χ1n) is 5.52. The Morgan fingerprint density at radius 3 is 2.06 bits per heavy atom. The zero-order valence-corrected chi connectivity index (χ0v) is 11.9. The molecule has 0 aromatic rings. The zero-order chi connectivity index (χ0) is 13.8. The van der Waals surface area contributed by atoms with Crippen molar-refractivity contribution in [3.8, 4) is 0 Å². The van der Waals surface area contributed by atoms with Crippen LogP contribution in [0.2, 0.25) is 0 Å². The summed E-state index contributed by atoms with van der Waals surface area (Å²) < 4.78 is 25.3. The van der Waals surface area contributed by atoms with Crippen LogP contribution in [0.3, 0.4) is 0 Å². The largest absolute Gasteiger partial charge is 0.480 e. The van der Waals surface area contributed by atoms with Gasteiger partial charge in [-0.25, -0.2) is 8.42 Å². The highest BCUT2D eigenvalue weighted by molar-refractivity contribution is 7.90.